The largest absolute Gasteiger partial charge is 0.497 e. The molecule has 0 spiro atoms. The fraction of sp³-hybridized carbons (Fsp3) is 0.318. The quantitative estimate of drug-likeness (QED) is 0.602. The maximum atomic E-state index is 12.7. The average molecular weight is 443 g/mol. The van der Waals surface area contributed by atoms with Crippen LogP contribution in [0.4, 0.5) is 10.8 Å². The number of hydrogen-bond donors (Lipinski definition) is 1. The second kappa shape index (κ2) is 9.45. The molecule has 0 bridgehead atoms. The van der Waals surface area contributed by atoms with Gasteiger partial charge in [0.25, 0.3) is 0 Å². The number of nitrogens with one attached hydrogen (secondary N) is 1. The number of benzene rings is 2. The van der Waals surface area contributed by atoms with Gasteiger partial charge in [-0.2, -0.15) is 0 Å². The predicted octanol–water partition coefficient (Wildman–Crippen LogP) is 4.65. The smallest absolute Gasteiger partial charge is 0.229 e. The number of ether oxygens (including phenoxy) is 1. The van der Waals surface area contributed by atoms with Gasteiger partial charge in [-0.15, -0.1) is 10.2 Å². The molecule has 3 aromatic rings. The number of methoxy groups -OCH3 is 1. The zero-order valence-corrected chi connectivity index (χ0v) is 18.2. The van der Waals surface area contributed by atoms with E-state index in [1.165, 1.54) is 11.3 Å². The van der Waals surface area contributed by atoms with E-state index in [9.17, 15) is 4.79 Å². The second-order valence-electron chi connectivity index (χ2n) is 7.26. The molecule has 1 aromatic heterocycles. The number of piperidine rings is 1. The first-order valence-corrected chi connectivity index (χ1v) is 11.1. The van der Waals surface area contributed by atoms with Gasteiger partial charge in [0.1, 0.15) is 10.8 Å². The van der Waals surface area contributed by atoms with Gasteiger partial charge in [0.2, 0.25) is 11.0 Å². The minimum atomic E-state index is -0.0191. The number of carbonyl (C=O) groups is 1. The van der Waals surface area contributed by atoms with Gasteiger partial charge in [-0.1, -0.05) is 41.1 Å². The van der Waals surface area contributed by atoms with Gasteiger partial charge in [0.05, 0.1) is 7.11 Å². The third-order valence-electron chi connectivity index (χ3n) is 5.25. The van der Waals surface area contributed by atoms with Crippen LogP contribution in [0.15, 0.2) is 48.5 Å². The van der Waals surface area contributed by atoms with Crippen LogP contribution < -0.4 is 15.0 Å². The highest BCUT2D eigenvalue weighted by Crippen LogP contribution is 2.27. The van der Waals surface area contributed by atoms with Crippen molar-refractivity contribution < 1.29 is 9.53 Å². The summed E-state index contributed by atoms with van der Waals surface area (Å²) in [5.74, 6) is 0.827. The van der Waals surface area contributed by atoms with Gasteiger partial charge in [-0.3, -0.25) is 4.79 Å². The minimum Gasteiger partial charge on any atom is -0.497 e. The Morgan fingerprint density at radius 3 is 2.67 bits per heavy atom. The first-order valence-electron chi connectivity index (χ1n) is 9.87. The van der Waals surface area contributed by atoms with Gasteiger partial charge in [0.15, 0.2) is 0 Å². The van der Waals surface area contributed by atoms with Crippen molar-refractivity contribution in [2.45, 2.75) is 19.3 Å². The van der Waals surface area contributed by atoms with Crippen LogP contribution in [-0.4, -0.2) is 36.3 Å². The molecular formula is C22H23ClN4O2S. The lowest BCUT2D eigenvalue weighted by molar-refractivity contribution is -0.120. The minimum absolute atomic E-state index is 0.0191. The van der Waals surface area contributed by atoms with E-state index in [-0.39, 0.29) is 11.8 Å². The van der Waals surface area contributed by atoms with Crippen LogP contribution in [0.5, 0.6) is 5.75 Å². The molecule has 6 nitrogen and oxygen atoms in total. The van der Waals surface area contributed by atoms with Gasteiger partial charge in [0, 0.05) is 36.1 Å². The molecule has 0 radical (unpaired) electrons. The summed E-state index contributed by atoms with van der Waals surface area (Å²) in [4.78, 5) is 14.9. The Hall–Kier alpha value is -2.64. The molecule has 1 N–H and O–H groups in total. The van der Waals surface area contributed by atoms with Crippen molar-refractivity contribution in [1.29, 1.82) is 0 Å². The van der Waals surface area contributed by atoms with Crippen molar-refractivity contribution in [3.63, 3.8) is 0 Å². The van der Waals surface area contributed by atoms with Gasteiger partial charge < -0.3 is 15.0 Å². The molecule has 0 saturated carbocycles. The number of anilines is 2. The van der Waals surface area contributed by atoms with Crippen LogP contribution in [0.2, 0.25) is 5.02 Å². The first kappa shape index (κ1) is 20.6. The van der Waals surface area contributed by atoms with Crippen molar-refractivity contribution in [3.8, 4) is 5.75 Å². The van der Waals surface area contributed by atoms with E-state index in [1.807, 2.05) is 42.5 Å². The highest BCUT2D eigenvalue weighted by atomic mass is 35.5. The summed E-state index contributed by atoms with van der Waals surface area (Å²) in [6, 6.07) is 15.7. The van der Waals surface area contributed by atoms with Crippen LogP contribution >= 0.6 is 22.9 Å². The van der Waals surface area contributed by atoms with E-state index in [4.69, 9.17) is 16.3 Å². The summed E-state index contributed by atoms with van der Waals surface area (Å²) in [6.45, 7) is 1.66. The Labute approximate surface area is 184 Å². The number of amides is 1. The van der Waals surface area contributed by atoms with E-state index in [1.54, 1.807) is 7.11 Å². The molecule has 1 saturated heterocycles. The van der Waals surface area contributed by atoms with Crippen molar-refractivity contribution in [2.75, 3.05) is 30.4 Å². The topological polar surface area (TPSA) is 67.4 Å². The van der Waals surface area contributed by atoms with Crippen LogP contribution in [-0.2, 0) is 11.2 Å². The van der Waals surface area contributed by atoms with E-state index in [0.717, 1.165) is 53.0 Å². The Morgan fingerprint density at radius 1 is 1.20 bits per heavy atom. The Balaban J connectivity index is 1.29. The van der Waals surface area contributed by atoms with Crippen molar-refractivity contribution in [1.82, 2.24) is 10.2 Å². The van der Waals surface area contributed by atoms with Gasteiger partial charge >= 0.3 is 0 Å². The molecule has 1 aliphatic heterocycles. The Morgan fingerprint density at radius 2 is 1.97 bits per heavy atom. The monoisotopic (exact) mass is 442 g/mol. The number of halogens is 1. The number of carbonyl (C=O) groups excluding carboxylic acids is 1. The van der Waals surface area contributed by atoms with Crippen LogP contribution in [0.25, 0.3) is 0 Å². The number of hydrogen-bond acceptors (Lipinski definition) is 6. The molecule has 1 fully saturated rings. The lowest BCUT2D eigenvalue weighted by Crippen LogP contribution is -2.38. The summed E-state index contributed by atoms with van der Waals surface area (Å²) in [7, 11) is 1.65. The second-order valence-corrected chi connectivity index (χ2v) is 8.75. The summed E-state index contributed by atoms with van der Waals surface area (Å²) in [6.07, 6.45) is 2.28. The number of rotatable bonds is 6. The molecule has 0 atom stereocenters. The average Bonchev–Trinajstić information content (AvgIpc) is 3.21. The molecule has 1 aliphatic rings. The summed E-state index contributed by atoms with van der Waals surface area (Å²) in [5.41, 5.74) is 2.23. The fourth-order valence-corrected chi connectivity index (χ4v) is 4.54. The fourth-order valence-electron chi connectivity index (χ4n) is 3.57. The van der Waals surface area contributed by atoms with Crippen molar-refractivity contribution in [3.05, 3.63) is 64.1 Å². The molecule has 2 heterocycles. The maximum Gasteiger partial charge on any atom is 0.229 e. The zero-order valence-electron chi connectivity index (χ0n) is 16.7. The highest BCUT2D eigenvalue weighted by Gasteiger charge is 2.26. The molecule has 2 aromatic carbocycles. The lowest BCUT2D eigenvalue weighted by atomic mass is 9.95. The Bertz CT molecular complexity index is 1000. The standard InChI is InChI=1S/C22H23ClN4O2S/c1-29-19-7-5-15(6-8-19)13-20-25-26-22(30-20)24-21(28)16-9-11-27(12-10-16)18-4-2-3-17(23)14-18/h2-8,14,16H,9-13H2,1H3,(H,24,26,28). The van der Waals surface area contributed by atoms with E-state index in [0.29, 0.717) is 11.6 Å². The van der Waals surface area contributed by atoms with Crippen LogP contribution in [0.3, 0.4) is 0 Å². The summed E-state index contributed by atoms with van der Waals surface area (Å²) < 4.78 is 5.18. The van der Waals surface area contributed by atoms with E-state index >= 15 is 0 Å². The number of nitrogens with zero attached hydrogens (tertiary/aromatic N) is 3. The van der Waals surface area contributed by atoms with E-state index in [2.05, 4.69) is 26.5 Å². The Kier molecular flexibility index (Phi) is 6.50. The van der Waals surface area contributed by atoms with Crippen LogP contribution in [0.1, 0.15) is 23.4 Å². The van der Waals surface area contributed by atoms with Crippen molar-refractivity contribution >= 4 is 39.7 Å². The molecule has 156 valence electrons. The maximum absolute atomic E-state index is 12.7. The molecule has 30 heavy (non-hydrogen) atoms. The molecule has 0 unspecified atom stereocenters. The molecule has 4 rings (SSSR count). The SMILES string of the molecule is COc1ccc(Cc2nnc(NC(=O)C3CCN(c4cccc(Cl)c4)CC3)s2)cc1. The van der Waals surface area contributed by atoms with E-state index < -0.39 is 0 Å². The molecule has 0 aliphatic carbocycles. The third kappa shape index (κ3) is 5.09. The lowest BCUT2D eigenvalue weighted by Gasteiger charge is -2.32. The third-order valence-corrected chi connectivity index (χ3v) is 6.32. The predicted molar refractivity (Wildman–Crippen MR) is 121 cm³/mol. The van der Waals surface area contributed by atoms with Crippen molar-refractivity contribution in [2.24, 2.45) is 5.92 Å². The normalized spacial score (nSPS) is 14.5. The molecule has 8 heteroatoms. The highest BCUT2D eigenvalue weighted by molar-refractivity contribution is 7.15. The van der Waals surface area contributed by atoms with Gasteiger partial charge in [-0.05, 0) is 48.7 Å². The van der Waals surface area contributed by atoms with Crippen LogP contribution in [0, 0.1) is 5.92 Å². The summed E-state index contributed by atoms with van der Waals surface area (Å²) >= 11 is 7.51. The zero-order chi connectivity index (χ0) is 20.9. The molecule has 1 amide bonds. The van der Waals surface area contributed by atoms with Gasteiger partial charge in [-0.25, -0.2) is 0 Å². The molecular weight excluding hydrogens is 420 g/mol. The first-order chi connectivity index (χ1) is 14.6. The number of aromatic nitrogens is 2. The summed E-state index contributed by atoms with van der Waals surface area (Å²) in [5, 5.41) is 13.5.